The molecule has 1 aliphatic rings. The standard InChI is InChI=1S/C18H14BrNO/c1-13-12-20-17(14-5-3-2-4-6-14)11-18(21-13)15-7-9-16(19)10-8-15/h2-11H,1,12H2. The number of halogens is 1. The van der Waals surface area contributed by atoms with Crippen molar-refractivity contribution in [3.8, 4) is 0 Å². The van der Waals surface area contributed by atoms with Gasteiger partial charge in [0.05, 0.1) is 12.3 Å². The smallest absolute Gasteiger partial charge is 0.136 e. The molecule has 0 spiro atoms. The van der Waals surface area contributed by atoms with Crippen LogP contribution in [0.15, 0.2) is 82.5 Å². The van der Waals surface area contributed by atoms with Crippen LogP contribution in [-0.2, 0) is 4.74 Å². The van der Waals surface area contributed by atoms with Gasteiger partial charge in [0.25, 0.3) is 0 Å². The minimum atomic E-state index is 0.473. The molecule has 0 aliphatic carbocycles. The van der Waals surface area contributed by atoms with Gasteiger partial charge in [-0.1, -0.05) is 65.0 Å². The summed E-state index contributed by atoms with van der Waals surface area (Å²) in [5, 5.41) is 0. The first kappa shape index (κ1) is 13.8. The van der Waals surface area contributed by atoms with Crippen LogP contribution in [0.4, 0.5) is 0 Å². The largest absolute Gasteiger partial charge is 0.460 e. The van der Waals surface area contributed by atoms with Crippen molar-refractivity contribution in [1.29, 1.82) is 0 Å². The number of hydrogen-bond donors (Lipinski definition) is 0. The van der Waals surface area contributed by atoms with Gasteiger partial charge in [0.2, 0.25) is 0 Å². The Morgan fingerprint density at radius 2 is 1.67 bits per heavy atom. The van der Waals surface area contributed by atoms with E-state index in [2.05, 4.69) is 27.5 Å². The Kier molecular flexibility index (Phi) is 4.02. The lowest BCUT2D eigenvalue weighted by atomic mass is 10.1. The summed E-state index contributed by atoms with van der Waals surface area (Å²) in [6, 6.07) is 18.1. The van der Waals surface area contributed by atoms with Crippen molar-refractivity contribution >= 4 is 27.4 Å². The average molecular weight is 340 g/mol. The fourth-order valence-corrected chi connectivity index (χ4v) is 2.36. The van der Waals surface area contributed by atoms with Gasteiger partial charge in [-0.2, -0.15) is 0 Å². The normalized spacial score (nSPS) is 14.8. The Labute approximate surface area is 132 Å². The number of rotatable bonds is 2. The van der Waals surface area contributed by atoms with Crippen molar-refractivity contribution in [2.75, 3.05) is 6.54 Å². The van der Waals surface area contributed by atoms with E-state index in [1.165, 1.54) is 0 Å². The van der Waals surface area contributed by atoms with Gasteiger partial charge in [-0.05, 0) is 17.7 Å². The van der Waals surface area contributed by atoms with Crippen LogP contribution in [0.5, 0.6) is 0 Å². The van der Waals surface area contributed by atoms with Crippen LogP contribution >= 0.6 is 15.9 Å². The van der Waals surface area contributed by atoms with E-state index in [9.17, 15) is 0 Å². The second-order valence-electron chi connectivity index (χ2n) is 4.72. The van der Waals surface area contributed by atoms with Crippen molar-refractivity contribution < 1.29 is 4.74 Å². The molecule has 0 radical (unpaired) electrons. The molecule has 21 heavy (non-hydrogen) atoms. The summed E-state index contributed by atoms with van der Waals surface area (Å²) in [5.41, 5.74) is 2.99. The maximum absolute atomic E-state index is 5.83. The van der Waals surface area contributed by atoms with Gasteiger partial charge >= 0.3 is 0 Å². The van der Waals surface area contributed by atoms with Crippen molar-refractivity contribution in [3.05, 3.63) is 88.6 Å². The Morgan fingerprint density at radius 1 is 0.952 bits per heavy atom. The molecule has 0 saturated heterocycles. The van der Waals surface area contributed by atoms with E-state index in [1.807, 2.05) is 60.7 Å². The Hall–Kier alpha value is -2.13. The fraction of sp³-hybridized carbons (Fsp3) is 0.0556. The SMILES string of the molecule is C=C1CN=C(c2ccccc2)C=C(c2ccc(Br)cc2)O1. The zero-order valence-corrected chi connectivity index (χ0v) is 13.0. The molecule has 2 nitrogen and oxygen atoms in total. The van der Waals surface area contributed by atoms with E-state index in [-0.39, 0.29) is 0 Å². The van der Waals surface area contributed by atoms with Crippen molar-refractivity contribution in [2.24, 2.45) is 4.99 Å². The third-order valence-electron chi connectivity index (χ3n) is 3.15. The molecule has 0 N–H and O–H groups in total. The minimum absolute atomic E-state index is 0.473. The van der Waals surface area contributed by atoms with E-state index in [4.69, 9.17) is 4.74 Å². The zero-order valence-electron chi connectivity index (χ0n) is 11.4. The van der Waals surface area contributed by atoms with Gasteiger partial charge in [-0.15, -0.1) is 0 Å². The maximum atomic E-state index is 5.83. The summed E-state index contributed by atoms with van der Waals surface area (Å²) < 4.78 is 6.86. The zero-order chi connectivity index (χ0) is 14.7. The summed E-state index contributed by atoms with van der Waals surface area (Å²) >= 11 is 3.44. The molecule has 0 fully saturated rings. The van der Waals surface area contributed by atoms with Gasteiger partial charge in [0, 0.05) is 16.1 Å². The predicted octanol–water partition coefficient (Wildman–Crippen LogP) is 4.82. The molecule has 2 aromatic carbocycles. The molecule has 2 aromatic rings. The van der Waals surface area contributed by atoms with Gasteiger partial charge in [-0.3, -0.25) is 4.99 Å². The molecule has 104 valence electrons. The lowest BCUT2D eigenvalue weighted by Gasteiger charge is -2.09. The minimum Gasteiger partial charge on any atom is -0.460 e. The van der Waals surface area contributed by atoms with E-state index in [0.29, 0.717) is 12.3 Å². The highest BCUT2D eigenvalue weighted by Crippen LogP contribution is 2.24. The first-order chi connectivity index (χ1) is 10.2. The molecule has 0 atom stereocenters. The quantitative estimate of drug-likeness (QED) is 0.768. The number of ether oxygens (including phenoxy) is 1. The first-order valence-electron chi connectivity index (χ1n) is 6.65. The molecule has 1 aliphatic heterocycles. The van der Waals surface area contributed by atoms with E-state index in [1.54, 1.807) is 0 Å². The highest BCUT2D eigenvalue weighted by molar-refractivity contribution is 9.10. The second-order valence-corrected chi connectivity index (χ2v) is 5.64. The summed E-state index contributed by atoms with van der Waals surface area (Å²) in [6.07, 6.45) is 1.97. The summed E-state index contributed by atoms with van der Waals surface area (Å²) in [5.74, 6) is 1.42. The third kappa shape index (κ3) is 3.31. The van der Waals surface area contributed by atoms with Crippen LogP contribution in [-0.4, -0.2) is 12.3 Å². The number of aliphatic imine (C=N–C) groups is 1. The molecule has 0 saturated carbocycles. The first-order valence-corrected chi connectivity index (χ1v) is 7.45. The number of benzene rings is 2. The molecule has 3 heteroatoms. The number of allylic oxidation sites excluding steroid dienone is 1. The van der Waals surface area contributed by atoms with Crippen molar-refractivity contribution in [2.45, 2.75) is 0 Å². The van der Waals surface area contributed by atoms with Gasteiger partial charge < -0.3 is 4.74 Å². The Bertz CT molecular complexity index is 715. The van der Waals surface area contributed by atoms with Crippen LogP contribution in [0.3, 0.4) is 0 Å². The van der Waals surface area contributed by atoms with Gasteiger partial charge in [0.1, 0.15) is 11.5 Å². The highest BCUT2D eigenvalue weighted by atomic mass is 79.9. The number of nitrogens with zero attached hydrogens (tertiary/aromatic N) is 1. The molecular weight excluding hydrogens is 326 g/mol. The lowest BCUT2D eigenvalue weighted by molar-refractivity contribution is 0.381. The second kappa shape index (κ2) is 6.10. The maximum Gasteiger partial charge on any atom is 0.136 e. The molecule has 1 heterocycles. The van der Waals surface area contributed by atoms with Crippen molar-refractivity contribution in [1.82, 2.24) is 0 Å². The third-order valence-corrected chi connectivity index (χ3v) is 3.67. The van der Waals surface area contributed by atoms with Gasteiger partial charge in [-0.25, -0.2) is 0 Å². The molecular formula is C18H14BrNO. The Morgan fingerprint density at radius 3 is 2.38 bits per heavy atom. The summed E-state index contributed by atoms with van der Waals surface area (Å²) in [6.45, 7) is 4.39. The van der Waals surface area contributed by atoms with E-state index < -0.39 is 0 Å². The summed E-state index contributed by atoms with van der Waals surface area (Å²) in [4.78, 5) is 4.57. The van der Waals surface area contributed by atoms with Crippen LogP contribution in [0.2, 0.25) is 0 Å². The fourth-order valence-electron chi connectivity index (χ4n) is 2.10. The van der Waals surface area contributed by atoms with Crippen LogP contribution in [0.25, 0.3) is 5.76 Å². The predicted molar refractivity (Wildman–Crippen MR) is 90.2 cm³/mol. The van der Waals surface area contributed by atoms with E-state index in [0.717, 1.165) is 27.1 Å². The monoisotopic (exact) mass is 339 g/mol. The Balaban J connectivity index is 2.02. The number of hydrogen-bond acceptors (Lipinski definition) is 2. The molecule has 0 amide bonds. The van der Waals surface area contributed by atoms with Crippen LogP contribution in [0.1, 0.15) is 11.1 Å². The lowest BCUT2D eigenvalue weighted by Crippen LogP contribution is -1.97. The molecule has 0 unspecified atom stereocenters. The van der Waals surface area contributed by atoms with Crippen molar-refractivity contribution in [3.63, 3.8) is 0 Å². The molecule has 0 aromatic heterocycles. The average Bonchev–Trinajstić information content (AvgIpc) is 2.71. The van der Waals surface area contributed by atoms with Gasteiger partial charge in [0.15, 0.2) is 0 Å². The van der Waals surface area contributed by atoms with E-state index >= 15 is 0 Å². The molecule has 3 rings (SSSR count). The molecule has 0 bridgehead atoms. The highest BCUT2D eigenvalue weighted by Gasteiger charge is 2.12. The topological polar surface area (TPSA) is 21.6 Å². The summed E-state index contributed by atoms with van der Waals surface area (Å²) in [7, 11) is 0. The van der Waals surface area contributed by atoms with Crippen LogP contribution < -0.4 is 0 Å². The van der Waals surface area contributed by atoms with Crippen LogP contribution in [0, 0.1) is 0 Å².